The fourth-order valence-corrected chi connectivity index (χ4v) is 5.75. The van der Waals surface area contributed by atoms with Crippen LogP contribution in [0.3, 0.4) is 0 Å². The molecule has 0 saturated heterocycles. The molecule has 0 aliphatic heterocycles. The number of carbonyl (C=O) groups excluding carboxylic acids is 2. The summed E-state index contributed by atoms with van der Waals surface area (Å²) in [5.74, 6) is 5.98. The molecule has 2 aromatic heterocycles. The first-order valence-electron chi connectivity index (χ1n) is 9.69. The minimum atomic E-state index is -0.491. The molecule has 5 N–H and O–H groups in total. The van der Waals surface area contributed by atoms with Crippen LogP contribution in [0.2, 0.25) is 0 Å². The lowest BCUT2D eigenvalue weighted by Crippen LogP contribution is -2.20. The summed E-state index contributed by atoms with van der Waals surface area (Å²) >= 11 is 2.70. The standard InChI is InChI=1S/C21H23N5O2S2/c1-12-7-8-14-16(9-12)30-20(18(14)19(22)28)25-17(27)11-29-21-24-15(10-26(21)23)13-5-3-2-4-6-13/h2-6,10,12H,7-9,11,23H2,1H3,(H2,22,28)(H,25,27)/t12-/m0/s1. The molecule has 3 aromatic rings. The van der Waals surface area contributed by atoms with Crippen LogP contribution in [0, 0.1) is 5.92 Å². The Morgan fingerprint density at radius 1 is 1.33 bits per heavy atom. The van der Waals surface area contributed by atoms with E-state index in [0.29, 0.717) is 21.6 Å². The maximum absolute atomic E-state index is 12.6. The Morgan fingerprint density at radius 3 is 2.83 bits per heavy atom. The molecule has 30 heavy (non-hydrogen) atoms. The molecule has 1 atom stereocenters. The molecular formula is C21H23N5O2S2. The van der Waals surface area contributed by atoms with Crippen molar-refractivity contribution in [3.05, 3.63) is 52.5 Å². The normalized spacial score (nSPS) is 15.6. The topological polar surface area (TPSA) is 116 Å². The van der Waals surface area contributed by atoms with E-state index in [1.54, 1.807) is 6.20 Å². The van der Waals surface area contributed by atoms with E-state index in [0.717, 1.165) is 41.0 Å². The summed E-state index contributed by atoms with van der Waals surface area (Å²) in [7, 11) is 0. The van der Waals surface area contributed by atoms with Crippen molar-refractivity contribution in [2.24, 2.45) is 11.7 Å². The van der Waals surface area contributed by atoms with Gasteiger partial charge in [-0.25, -0.2) is 9.66 Å². The van der Waals surface area contributed by atoms with Gasteiger partial charge in [0.15, 0.2) is 5.16 Å². The van der Waals surface area contributed by atoms with Crippen LogP contribution in [0.1, 0.15) is 34.1 Å². The number of benzene rings is 1. The van der Waals surface area contributed by atoms with Crippen molar-refractivity contribution in [2.45, 2.75) is 31.3 Å². The second kappa shape index (κ2) is 8.53. The monoisotopic (exact) mass is 441 g/mol. The smallest absolute Gasteiger partial charge is 0.251 e. The Balaban J connectivity index is 1.45. The number of imidazole rings is 1. The fourth-order valence-electron chi connectivity index (χ4n) is 3.62. The van der Waals surface area contributed by atoms with E-state index in [1.807, 2.05) is 30.3 Å². The molecule has 7 nitrogen and oxygen atoms in total. The fraction of sp³-hybridized carbons (Fsp3) is 0.286. The molecule has 0 unspecified atom stereocenters. The van der Waals surface area contributed by atoms with Crippen molar-refractivity contribution >= 4 is 39.9 Å². The summed E-state index contributed by atoms with van der Waals surface area (Å²) in [4.78, 5) is 30.3. The van der Waals surface area contributed by atoms with Crippen molar-refractivity contribution in [3.63, 3.8) is 0 Å². The summed E-state index contributed by atoms with van der Waals surface area (Å²) in [5.41, 5.74) is 8.78. The molecule has 0 spiro atoms. The minimum absolute atomic E-state index is 0.125. The van der Waals surface area contributed by atoms with Crippen LogP contribution in [0.25, 0.3) is 11.3 Å². The highest BCUT2D eigenvalue weighted by molar-refractivity contribution is 7.99. The van der Waals surface area contributed by atoms with Crippen LogP contribution in [0.5, 0.6) is 0 Å². The van der Waals surface area contributed by atoms with Crippen LogP contribution in [0.15, 0.2) is 41.7 Å². The largest absolute Gasteiger partial charge is 0.365 e. The van der Waals surface area contributed by atoms with Gasteiger partial charge in [-0.1, -0.05) is 49.0 Å². The summed E-state index contributed by atoms with van der Waals surface area (Å²) in [6, 6.07) is 9.71. The number of nitrogen functional groups attached to an aromatic ring is 1. The molecule has 0 fully saturated rings. The summed E-state index contributed by atoms with van der Waals surface area (Å²) < 4.78 is 1.42. The summed E-state index contributed by atoms with van der Waals surface area (Å²) in [6.45, 7) is 2.19. The Kier molecular flexibility index (Phi) is 5.83. The van der Waals surface area contributed by atoms with E-state index in [2.05, 4.69) is 17.2 Å². The number of rotatable bonds is 6. The van der Waals surface area contributed by atoms with Gasteiger partial charge in [0.05, 0.1) is 23.2 Å². The zero-order valence-corrected chi connectivity index (χ0v) is 18.2. The first-order valence-corrected chi connectivity index (χ1v) is 11.5. The van der Waals surface area contributed by atoms with Crippen molar-refractivity contribution in [3.8, 4) is 11.3 Å². The van der Waals surface area contributed by atoms with Crippen molar-refractivity contribution in [2.75, 3.05) is 16.9 Å². The first-order chi connectivity index (χ1) is 14.4. The SMILES string of the molecule is C[C@H]1CCc2c(sc(NC(=O)CSc3nc(-c4ccccc4)cn3N)c2C(N)=O)C1. The Hall–Kier alpha value is -2.78. The number of anilines is 1. The van der Waals surface area contributed by atoms with Crippen LogP contribution in [0.4, 0.5) is 5.00 Å². The lowest BCUT2D eigenvalue weighted by Gasteiger charge is -2.18. The lowest BCUT2D eigenvalue weighted by atomic mass is 9.88. The number of carbonyl (C=O) groups is 2. The molecule has 1 aromatic carbocycles. The molecule has 2 heterocycles. The van der Waals surface area contributed by atoms with E-state index in [9.17, 15) is 9.59 Å². The number of thiophene rings is 1. The zero-order chi connectivity index (χ0) is 21.3. The van der Waals surface area contributed by atoms with Crippen molar-refractivity contribution in [1.82, 2.24) is 9.66 Å². The van der Waals surface area contributed by atoms with Crippen LogP contribution >= 0.6 is 23.1 Å². The second-order valence-corrected chi connectivity index (χ2v) is 9.49. The third kappa shape index (κ3) is 4.22. The molecule has 0 bridgehead atoms. The number of thioether (sulfide) groups is 1. The van der Waals surface area contributed by atoms with Gasteiger partial charge < -0.3 is 16.9 Å². The Morgan fingerprint density at radius 2 is 2.10 bits per heavy atom. The van der Waals surface area contributed by atoms with Crippen molar-refractivity contribution in [1.29, 1.82) is 0 Å². The van der Waals surface area contributed by atoms with Gasteiger partial charge in [0.2, 0.25) is 5.91 Å². The highest BCUT2D eigenvalue weighted by Gasteiger charge is 2.27. The molecule has 2 amide bonds. The maximum Gasteiger partial charge on any atom is 0.251 e. The number of amides is 2. The number of primary amides is 1. The summed E-state index contributed by atoms with van der Waals surface area (Å²) in [6.07, 6.45) is 4.49. The predicted molar refractivity (Wildman–Crippen MR) is 121 cm³/mol. The van der Waals surface area contributed by atoms with Gasteiger partial charge in [0, 0.05) is 10.4 Å². The van der Waals surface area contributed by atoms with E-state index < -0.39 is 5.91 Å². The average molecular weight is 442 g/mol. The molecule has 0 radical (unpaired) electrons. The number of nitrogens with one attached hydrogen (secondary N) is 1. The Labute approximate surface area is 182 Å². The third-order valence-corrected chi connectivity index (χ3v) is 7.25. The van der Waals surface area contributed by atoms with Gasteiger partial charge in [0.25, 0.3) is 5.91 Å². The molecule has 1 aliphatic rings. The maximum atomic E-state index is 12.6. The minimum Gasteiger partial charge on any atom is -0.365 e. The zero-order valence-electron chi connectivity index (χ0n) is 16.6. The number of nitrogens with two attached hydrogens (primary N) is 2. The summed E-state index contributed by atoms with van der Waals surface area (Å²) in [5, 5.41) is 3.96. The van der Waals surface area contributed by atoms with E-state index in [4.69, 9.17) is 11.6 Å². The first kappa shape index (κ1) is 20.5. The lowest BCUT2D eigenvalue weighted by molar-refractivity contribution is -0.113. The average Bonchev–Trinajstić information content (AvgIpc) is 3.26. The van der Waals surface area contributed by atoms with Crippen LogP contribution in [-0.4, -0.2) is 27.2 Å². The predicted octanol–water partition coefficient (Wildman–Crippen LogP) is 3.28. The quantitative estimate of drug-likeness (QED) is 0.401. The second-order valence-electron chi connectivity index (χ2n) is 7.44. The van der Waals surface area contributed by atoms with E-state index in [1.165, 1.54) is 27.8 Å². The molecule has 156 valence electrons. The highest BCUT2D eigenvalue weighted by atomic mass is 32.2. The third-order valence-electron chi connectivity index (χ3n) is 5.11. The number of hydrogen-bond donors (Lipinski definition) is 3. The van der Waals surface area contributed by atoms with Gasteiger partial charge in [-0.2, -0.15) is 0 Å². The molecule has 9 heteroatoms. The van der Waals surface area contributed by atoms with Gasteiger partial charge in [-0.15, -0.1) is 11.3 Å². The van der Waals surface area contributed by atoms with Gasteiger partial charge >= 0.3 is 0 Å². The molecular weight excluding hydrogens is 418 g/mol. The molecule has 4 rings (SSSR count). The van der Waals surface area contributed by atoms with Crippen LogP contribution in [-0.2, 0) is 17.6 Å². The van der Waals surface area contributed by atoms with E-state index in [-0.39, 0.29) is 11.7 Å². The molecule has 1 aliphatic carbocycles. The van der Waals surface area contributed by atoms with Crippen molar-refractivity contribution < 1.29 is 9.59 Å². The van der Waals surface area contributed by atoms with Gasteiger partial charge in [0.1, 0.15) is 5.00 Å². The number of fused-ring (bicyclic) bond motifs is 1. The highest BCUT2D eigenvalue weighted by Crippen LogP contribution is 2.39. The van der Waals surface area contributed by atoms with Gasteiger partial charge in [-0.05, 0) is 30.7 Å². The van der Waals surface area contributed by atoms with Gasteiger partial charge in [-0.3, -0.25) is 9.59 Å². The number of hydrogen-bond acceptors (Lipinski definition) is 6. The number of nitrogens with zero attached hydrogens (tertiary/aromatic N) is 2. The van der Waals surface area contributed by atoms with Crippen LogP contribution < -0.4 is 16.9 Å². The number of aromatic nitrogens is 2. The van der Waals surface area contributed by atoms with E-state index >= 15 is 0 Å². The Bertz CT molecular complexity index is 1090. The molecule has 0 saturated carbocycles.